The van der Waals surface area contributed by atoms with E-state index in [9.17, 15) is 19.5 Å². The summed E-state index contributed by atoms with van der Waals surface area (Å²) < 4.78 is 0. The summed E-state index contributed by atoms with van der Waals surface area (Å²) in [5.74, 6) is -0.271. The fourth-order valence-electron chi connectivity index (χ4n) is 7.92. The molecule has 0 aromatic heterocycles. The number of carboxylic acids is 1. The van der Waals surface area contributed by atoms with Gasteiger partial charge in [0.1, 0.15) is 0 Å². The van der Waals surface area contributed by atoms with Gasteiger partial charge in [0.15, 0.2) is 0 Å². The number of piperidine rings is 2. The first kappa shape index (κ1) is 39.6. The Morgan fingerprint density at radius 3 is 1.31 bits per heavy atom. The maximum Gasteiger partial charge on any atom is 0.337 e. The lowest BCUT2D eigenvalue weighted by Gasteiger charge is -2.34. The molecule has 6 aromatic rings. The molecular formula is C50H50N4O4. The smallest absolute Gasteiger partial charge is 0.337 e. The second kappa shape index (κ2) is 19.0. The van der Waals surface area contributed by atoms with E-state index in [4.69, 9.17) is 0 Å². The maximum absolute atomic E-state index is 12.6. The molecule has 0 unspecified atom stereocenters. The van der Waals surface area contributed by atoms with Crippen molar-refractivity contribution in [2.24, 2.45) is 0 Å². The zero-order chi connectivity index (χ0) is 40.3. The Balaban J connectivity index is 0.000000177. The molecule has 2 fully saturated rings. The van der Waals surface area contributed by atoms with E-state index in [1.54, 1.807) is 36.4 Å². The van der Waals surface area contributed by atoms with Gasteiger partial charge in [-0.25, -0.2) is 4.79 Å². The number of rotatable bonds is 9. The highest BCUT2D eigenvalue weighted by Gasteiger charge is 2.24. The Morgan fingerprint density at radius 2 is 0.879 bits per heavy atom. The van der Waals surface area contributed by atoms with Gasteiger partial charge in [-0.1, -0.05) is 103 Å². The topological polar surface area (TPSA) is 102 Å². The van der Waals surface area contributed by atoms with Crippen molar-refractivity contribution in [2.45, 2.75) is 44.4 Å². The number of benzene rings is 6. The highest BCUT2D eigenvalue weighted by atomic mass is 16.4. The molecule has 0 spiro atoms. The van der Waals surface area contributed by atoms with E-state index in [2.05, 4.69) is 93.2 Å². The van der Waals surface area contributed by atoms with Crippen LogP contribution in [-0.2, 0) is 0 Å². The molecular weight excluding hydrogens is 721 g/mol. The number of amides is 2. The number of carbonyl (C=O) groups is 3. The van der Waals surface area contributed by atoms with Crippen LogP contribution < -0.4 is 20.4 Å². The van der Waals surface area contributed by atoms with Gasteiger partial charge in [0.2, 0.25) is 0 Å². The van der Waals surface area contributed by atoms with Crippen molar-refractivity contribution in [2.75, 3.05) is 46.6 Å². The normalized spacial score (nSPS) is 14.5. The van der Waals surface area contributed by atoms with Crippen molar-refractivity contribution < 1.29 is 19.5 Å². The highest BCUT2D eigenvalue weighted by Crippen LogP contribution is 2.34. The number of nitrogens with one attached hydrogen (secondary N) is 2. The van der Waals surface area contributed by atoms with Gasteiger partial charge in [0, 0.05) is 54.4 Å². The summed E-state index contributed by atoms with van der Waals surface area (Å²) in [7, 11) is 0. The van der Waals surface area contributed by atoms with E-state index >= 15 is 0 Å². The number of hydrogen-bond donors (Lipinski definition) is 3. The molecule has 2 amide bonds. The summed E-state index contributed by atoms with van der Waals surface area (Å²) in [5.41, 5.74) is 8.45. The van der Waals surface area contributed by atoms with Gasteiger partial charge in [-0.2, -0.15) is 0 Å². The molecule has 0 bridgehead atoms. The van der Waals surface area contributed by atoms with Crippen molar-refractivity contribution >= 4 is 40.5 Å². The van der Waals surface area contributed by atoms with E-state index in [1.165, 1.54) is 16.8 Å². The van der Waals surface area contributed by atoms with Crippen molar-refractivity contribution in [1.82, 2.24) is 0 Å². The number of aryl methyl sites for hydroxylation is 1. The second-order valence-electron chi connectivity index (χ2n) is 15.0. The fourth-order valence-corrected chi connectivity index (χ4v) is 7.92. The third-order valence-electron chi connectivity index (χ3n) is 11.3. The van der Waals surface area contributed by atoms with Gasteiger partial charge in [-0.15, -0.1) is 0 Å². The molecule has 0 atom stereocenters. The average molecular weight is 771 g/mol. The Bertz CT molecular complexity index is 2290. The minimum absolute atomic E-state index is 0.0661. The van der Waals surface area contributed by atoms with Gasteiger partial charge in [-0.3, -0.25) is 9.59 Å². The number of carbonyl (C=O) groups excluding carboxylic acids is 2. The molecule has 0 saturated carbocycles. The summed E-state index contributed by atoms with van der Waals surface area (Å²) in [4.78, 5) is 41.4. The van der Waals surface area contributed by atoms with Crippen LogP contribution in [0.15, 0.2) is 158 Å². The van der Waals surface area contributed by atoms with Crippen molar-refractivity contribution in [3.05, 3.63) is 191 Å². The number of aromatic carboxylic acids is 1. The lowest BCUT2D eigenvalue weighted by Crippen LogP contribution is -2.33. The first-order valence-electron chi connectivity index (χ1n) is 20.1. The number of carboxylic acid groups (broad SMARTS) is 1. The number of hydrogen-bond acceptors (Lipinski definition) is 5. The van der Waals surface area contributed by atoms with Crippen LogP contribution in [0.3, 0.4) is 0 Å². The summed E-state index contributed by atoms with van der Waals surface area (Å²) in [6.07, 6.45) is 4.39. The van der Waals surface area contributed by atoms with Crippen LogP contribution in [0.5, 0.6) is 0 Å². The van der Waals surface area contributed by atoms with Gasteiger partial charge in [-0.05, 0) is 116 Å². The molecule has 2 aliphatic rings. The van der Waals surface area contributed by atoms with Gasteiger partial charge in [0.05, 0.1) is 11.3 Å². The lowest BCUT2D eigenvalue weighted by molar-refractivity contribution is 0.0697. The van der Waals surface area contributed by atoms with Crippen molar-refractivity contribution in [1.29, 1.82) is 0 Å². The summed E-state index contributed by atoms with van der Waals surface area (Å²) in [5, 5.41) is 15.4. The predicted molar refractivity (Wildman–Crippen MR) is 235 cm³/mol. The molecule has 2 heterocycles. The Kier molecular flexibility index (Phi) is 12.9. The molecule has 6 aromatic carbocycles. The minimum Gasteiger partial charge on any atom is -0.478 e. The van der Waals surface area contributed by atoms with E-state index in [0.717, 1.165) is 68.8 Å². The van der Waals surface area contributed by atoms with Crippen LogP contribution in [0.1, 0.15) is 85.3 Å². The molecule has 8 nitrogen and oxygen atoms in total. The molecule has 294 valence electrons. The molecule has 0 aliphatic carbocycles. The lowest BCUT2D eigenvalue weighted by atomic mass is 9.89. The summed E-state index contributed by atoms with van der Waals surface area (Å²) >= 11 is 0. The molecule has 2 aliphatic heterocycles. The third-order valence-corrected chi connectivity index (χ3v) is 11.3. The third kappa shape index (κ3) is 10.0. The predicted octanol–water partition coefficient (Wildman–Crippen LogP) is 10.7. The highest BCUT2D eigenvalue weighted by molar-refractivity contribution is 6.08. The zero-order valence-electron chi connectivity index (χ0n) is 32.9. The van der Waals surface area contributed by atoms with Crippen molar-refractivity contribution in [3.63, 3.8) is 0 Å². The summed E-state index contributed by atoms with van der Waals surface area (Å²) in [6.45, 7) is 5.88. The monoisotopic (exact) mass is 770 g/mol. The first-order valence-corrected chi connectivity index (χ1v) is 20.1. The fraction of sp³-hybridized carbons (Fsp3) is 0.220. The van der Waals surface area contributed by atoms with Gasteiger partial charge in [0.25, 0.3) is 11.8 Å². The van der Waals surface area contributed by atoms with E-state index in [0.29, 0.717) is 28.7 Å². The van der Waals surface area contributed by atoms with E-state index in [1.807, 2.05) is 55.5 Å². The van der Waals surface area contributed by atoms with Crippen LogP contribution in [0.25, 0.3) is 0 Å². The minimum atomic E-state index is -1.06. The Hall–Kier alpha value is -6.67. The molecule has 2 saturated heterocycles. The number of nitrogens with zero attached hydrogens (tertiary/aromatic N) is 2. The largest absolute Gasteiger partial charge is 0.478 e. The zero-order valence-corrected chi connectivity index (χ0v) is 32.9. The molecule has 8 heteroatoms. The van der Waals surface area contributed by atoms with E-state index < -0.39 is 5.97 Å². The van der Waals surface area contributed by atoms with Gasteiger partial charge < -0.3 is 25.5 Å². The molecule has 8 rings (SSSR count). The van der Waals surface area contributed by atoms with Crippen LogP contribution in [0, 0.1) is 6.92 Å². The SMILES string of the molecule is Cc1ccc(N2CCC(c3ccccc3)CC2)cc1NC(=O)c1ccccc1.O=C(Nc1cc(N2CCC(c3ccccc3)CC2)ccc1C(=O)O)c1ccccc1. The Morgan fingerprint density at radius 1 is 0.500 bits per heavy atom. The quantitative estimate of drug-likeness (QED) is 0.135. The van der Waals surface area contributed by atoms with Crippen LogP contribution in [0.2, 0.25) is 0 Å². The van der Waals surface area contributed by atoms with Crippen LogP contribution in [0.4, 0.5) is 22.7 Å². The van der Waals surface area contributed by atoms with Crippen LogP contribution in [-0.4, -0.2) is 49.1 Å². The molecule has 0 radical (unpaired) electrons. The molecule has 3 N–H and O–H groups in total. The van der Waals surface area contributed by atoms with Crippen molar-refractivity contribution in [3.8, 4) is 0 Å². The second-order valence-corrected chi connectivity index (χ2v) is 15.0. The van der Waals surface area contributed by atoms with Crippen LogP contribution >= 0.6 is 0 Å². The van der Waals surface area contributed by atoms with Gasteiger partial charge >= 0.3 is 5.97 Å². The maximum atomic E-state index is 12.6. The summed E-state index contributed by atoms with van der Waals surface area (Å²) in [6, 6.07) is 51.1. The first-order chi connectivity index (χ1) is 28.3. The standard InChI is InChI=1S/C25H24N2O3.C25H26N2O/c28-24(20-9-5-2-6-10-20)26-23-17-21(11-12-22(23)25(29)30)27-15-13-19(14-16-27)18-7-3-1-4-8-18;1-19-12-13-23(18-24(19)26-25(28)22-10-6-3-7-11-22)27-16-14-21(15-17-27)20-8-4-2-5-9-20/h1-12,17,19H,13-16H2,(H,26,28)(H,29,30);2-13,18,21H,14-17H2,1H3,(H,26,28). The Labute approximate surface area is 341 Å². The average Bonchev–Trinajstić information content (AvgIpc) is 3.28. The molecule has 58 heavy (non-hydrogen) atoms. The number of anilines is 4. The van der Waals surface area contributed by atoms with E-state index in [-0.39, 0.29) is 17.4 Å².